The molecular weight excluding hydrogens is 370 g/mol. The van der Waals surface area contributed by atoms with E-state index >= 15 is 0 Å². The lowest BCUT2D eigenvalue weighted by Crippen LogP contribution is -2.31. The van der Waals surface area contributed by atoms with Gasteiger partial charge in [0.1, 0.15) is 5.75 Å². The van der Waals surface area contributed by atoms with Crippen molar-refractivity contribution >= 4 is 34.2 Å². The second-order valence-electron chi connectivity index (χ2n) is 6.67. The zero-order valence-corrected chi connectivity index (χ0v) is 17.1. The van der Waals surface area contributed by atoms with Crippen LogP contribution in [0, 0.1) is 0 Å². The number of likely N-dealkylation sites (tertiary alicyclic amines) is 1. The molecule has 0 atom stereocenters. The van der Waals surface area contributed by atoms with Gasteiger partial charge in [-0.1, -0.05) is 54.9 Å². The largest absolute Gasteiger partial charge is 0.495 e. The van der Waals surface area contributed by atoms with Gasteiger partial charge in [-0.3, -0.25) is 4.79 Å². The zero-order chi connectivity index (χ0) is 19.6. The third kappa shape index (κ3) is 6.02. The van der Waals surface area contributed by atoms with Crippen molar-refractivity contribution in [1.82, 2.24) is 4.90 Å². The Morgan fingerprint density at radius 2 is 1.71 bits per heavy atom. The van der Waals surface area contributed by atoms with Crippen molar-refractivity contribution in [3.63, 3.8) is 0 Å². The molecule has 0 aromatic heterocycles. The molecule has 148 valence electrons. The average Bonchev–Trinajstić information content (AvgIpc) is 3.02. The van der Waals surface area contributed by atoms with Crippen LogP contribution in [0.5, 0.6) is 5.75 Å². The van der Waals surface area contributed by atoms with Gasteiger partial charge in [0.05, 0.1) is 24.2 Å². The highest BCUT2D eigenvalue weighted by Gasteiger charge is 2.17. The molecule has 0 saturated carbocycles. The number of anilines is 1. The first-order chi connectivity index (χ1) is 13.8. The molecule has 3 rings (SSSR count). The third-order valence-corrected chi connectivity index (χ3v) is 5.59. The first-order valence-electron chi connectivity index (χ1n) is 9.70. The molecule has 1 heterocycles. The molecule has 1 saturated heterocycles. The highest BCUT2D eigenvalue weighted by atomic mass is 32.2. The molecule has 1 fully saturated rings. The second-order valence-corrected chi connectivity index (χ2v) is 7.61. The number of nitrogens with one attached hydrogen (secondary N) is 1. The summed E-state index contributed by atoms with van der Waals surface area (Å²) in [6, 6.07) is 17.4. The fourth-order valence-corrected chi connectivity index (χ4v) is 4.00. The zero-order valence-electron chi connectivity index (χ0n) is 16.3. The molecule has 0 aliphatic carbocycles. The Morgan fingerprint density at radius 3 is 2.43 bits per heavy atom. The number of nitrogens with zero attached hydrogens (tertiary/aromatic N) is 2. The van der Waals surface area contributed by atoms with E-state index < -0.39 is 0 Å². The van der Waals surface area contributed by atoms with Crippen molar-refractivity contribution in [1.29, 1.82) is 0 Å². The lowest BCUT2D eigenvalue weighted by molar-refractivity contribution is -0.113. The fraction of sp³-hybridized carbons (Fsp3) is 0.364. The number of carbonyl (C=O) groups excluding carboxylic acids is 1. The lowest BCUT2D eigenvalue weighted by atomic mass is 10.2. The first kappa shape index (κ1) is 20.3. The summed E-state index contributed by atoms with van der Waals surface area (Å²) in [6.45, 7) is 1.99. The van der Waals surface area contributed by atoms with Crippen LogP contribution in [-0.2, 0) is 4.79 Å². The van der Waals surface area contributed by atoms with E-state index in [1.165, 1.54) is 37.4 Å². The highest BCUT2D eigenvalue weighted by Crippen LogP contribution is 2.24. The predicted molar refractivity (Wildman–Crippen MR) is 118 cm³/mol. The molecule has 6 heteroatoms. The number of para-hydroxylation sites is 3. The van der Waals surface area contributed by atoms with Crippen molar-refractivity contribution < 1.29 is 9.53 Å². The molecule has 0 unspecified atom stereocenters. The van der Waals surface area contributed by atoms with Gasteiger partial charge in [-0.05, 0) is 37.1 Å². The SMILES string of the molecule is COc1ccccc1NC(=O)CSC(=Nc1ccccc1)N1CCCCCC1. The summed E-state index contributed by atoms with van der Waals surface area (Å²) in [5.74, 6) is 0.900. The standard InChI is InChI=1S/C22H27N3O2S/c1-27-20-14-8-7-13-19(20)24-21(26)17-28-22(23-18-11-5-4-6-12-18)25-15-9-2-3-10-16-25/h4-8,11-14H,2-3,9-10,15-17H2,1H3,(H,24,26). The van der Waals surface area contributed by atoms with Crippen molar-refractivity contribution in [2.45, 2.75) is 25.7 Å². The predicted octanol–water partition coefficient (Wildman–Crippen LogP) is 4.93. The monoisotopic (exact) mass is 397 g/mol. The number of ether oxygens (including phenoxy) is 1. The molecule has 2 aromatic carbocycles. The van der Waals surface area contributed by atoms with E-state index in [2.05, 4.69) is 10.2 Å². The van der Waals surface area contributed by atoms with Gasteiger partial charge in [-0.15, -0.1) is 0 Å². The number of amides is 1. The lowest BCUT2D eigenvalue weighted by Gasteiger charge is -2.23. The molecule has 2 aromatic rings. The number of hydrogen-bond acceptors (Lipinski definition) is 4. The van der Waals surface area contributed by atoms with Gasteiger partial charge < -0.3 is 15.0 Å². The molecule has 1 N–H and O–H groups in total. The summed E-state index contributed by atoms with van der Waals surface area (Å²) in [6.07, 6.45) is 4.85. The van der Waals surface area contributed by atoms with Crippen molar-refractivity contribution in [3.05, 3.63) is 54.6 Å². The topological polar surface area (TPSA) is 53.9 Å². The van der Waals surface area contributed by atoms with Crippen LogP contribution in [0.3, 0.4) is 0 Å². The summed E-state index contributed by atoms with van der Waals surface area (Å²) in [4.78, 5) is 19.7. The minimum absolute atomic E-state index is 0.0647. The number of thioether (sulfide) groups is 1. The van der Waals surface area contributed by atoms with E-state index in [1.807, 2.05) is 54.6 Å². The molecule has 5 nitrogen and oxygen atoms in total. The number of aliphatic imine (C=N–C) groups is 1. The Kier molecular flexibility index (Phi) is 7.79. The van der Waals surface area contributed by atoms with Gasteiger partial charge in [-0.25, -0.2) is 4.99 Å². The number of amidine groups is 1. The van der Waals surface area contributed by atoms with Crippen LogP contribution in [0.1, 0.15) is 25.7 Å². The van der Waals surface area contributed by atoms with Crippen molar-refractivity contribution in [3.8, 4) is 5.75 Å². The summed E-state index contributed by atoms with van der Waals surface area (Å²) in [7, 11) is 1.60. The second kappa shape index (κ2) is 10.8. The van der Waals surface area contributed by atoms with E-state index in [0.717, 1.165) is 23.9 Å². The number of hydrogen-bond donors (Lipinski definition) is 1. The molecule has 0 bridgehead atoms. The minimum atomic E-state index is -0.0647. The summed E-state index contributed by atoms with van der Waals surface area (Å²) >= 11 is 1.50. The van der Waals surface area contributed by atoms with Crippen molar-refractivity contribution in [2.75, 3.05) is 31.3 Å². The van der Waals surface area contributed by atoms with E-state index in [0.29, 0.717) is 17.2 Å². The van der Waals surface area contributed by atoms with Gasteiger partial charge >= 0.3 is 0 Å². The molecular formula is C22H27N3O2S. The minimum Gasteiger partial charge on any atom is -0.495 e. The normalized spacial score (nSPS) is 15.0. The number of methoxy groups -OCH3 is 1. The third-order valence-electron chi connectivity index (χ3n) is 4.57. The van der Waals surface area contributed by atoms with Gasteiger partial charge in [0.25, 0.3) is 0 Å². The quantitative estimate of drug-likeness (QED) is 0.574. The molecule has 0 spiro atoms. The first-order valence-corrected chi connectivity index (χ1v) is 10.7. The maximum atomic E-state index is 12.5. The van der Waals surface area contributed by atoms with Crippen LogP contribution in [0.25, 0.3) is 0 Å². The van der Waals surface area contributed by atoms with Gasteiger partial charge in [-0.2, -0.15) is 0 Å². The Morgan fingerprint density at radius 1 is 1.04 bits per heavy atom. The molecule has 1 aliphatic rings. The molecule has 1 aliphatic heterocycles. The van der Waals surface area contributed by atoms with Crippen LogP contribution >= 0.6 is 11.8 Å². The summed E-state index contributed by atoms with van der Waals surface area (Å²) in [5.41, 5.74) is 1.60. The van der Waals surface area contributed by atoms with E-state index in [-0.39, 0.29) is 5.91 Å². The fourth-order valence-electron chi connectivity index (χ4n) is 3.13. The maximum absolute atomic E-state index is 12.5. The Labute approximate surface area is 171 Å². The maximum Gasteiger partial charge on any atom is 0.234 e. The van der Waals surface area contributed by atoms with E-state index in [4.69, 9.17) is 9.73 Å². The highest BCUT2D eigenvalue weighted by molar-refractivity contribution is 8.14. The number of carbonyl (C=O) groups is 1. The summed E-state index contributed by atoms with van der Waals surface area (Å²) in [5, 5.41) is 3.86. The van der Waals surface area contributed by atoms with Crippen LogP contribution in [0.4, 0.5) is 11.4 Å². The Bertz CT molecular complexity index is 787. The van der Waals surface area contributed by atoms with Crippen molar-refractivity contribution in [2.24, 2.45) is 4.99 Å². The summed E-state index contributed by atoms with van der Waals surface area (Å²) < 4.78 is 5.31. The molecule has 1 amide bonds. The average molecular weight is 398 g/mol. The van der Waals surface area contributed by atoms with Crippen LogP contribution in [0.2, 0.25) is 0 Å². The van der Waals surface area contributed by atoms with Gasteiger partial charge in [0, 0.05) is 13.1 Å². The molecule has 0 radical (unpaired) electrons. The Balaban J connectivity index is 1.68. The van der Waals surface area contributed by atoms with E-state index in [9.17, 15) is 4.79 Å². The number of rotatable bonds is 5. The van der Waals surface area contributed by atoms with Crippen LogP contribution in [0.15, 0.2) is 59.6 Å². The van der Waals surface area contributed by atoms with Crippen LogP contribution in [-0.4, -0.2) is 41.9 Å². The van der Waals surface area contributed by atoms with Gasteiger partial charge in [0.2, 0.25) is 5.91 Å². The Hall–Kier alpha value is -2.47. The number of benzene rings is 2. The smallest absolute Gasteiger partial charge is 0.234 e. The van der Waals surface area contributed by atoms with Gasteiger partial charge in [0.15, 0.2) is 5.17 Å². The van der Waals surface area contributed by atoms with Crippen LogP contribution < -0.4 is 10.1 Å². The van der Waals surface area contributed by atoms with E-state index in [1.54, 1.807) is 7.11 Å². The molecule has 28 heavy (non-hydrogen) atoms.